The Morgan fingerprint density at radius 2 is 1.62 bits per heavy atom. The third-order valence-electron chi connectivity index (χ3n) is 3.90. The lowest BCUT2D eigenvalue weighted by Gasteiger charge is -2.12. The van der Waals surface area contributed by atoms with Gasteiger partial charge in [-0.3, -0.25) is 9.17 Å². The van der Waals surface area contributed by atoms with Gasteiger partial charge in [0.05, 0.1) is 12.4 Å². The molecule has 1 heterocycles. The molecule has 0 fully saturated rings. The number of rotatable bonds is 4. The first kappa shape index (κ1) is 16.6. The van der Waals surface area contributed by atoms with Gasteiger partial charge in [-0.1, -0.05) is 30.3 Å². The van der Waals surface area contributed by atoms with E-state index in [4.69, 9.17) is 4.18 Å². The summed E-state index contributed by atoms with van der Waals surface area (Å²) in [6, 6.07) is 16.1. The Kier molecular flexibility index (Phi) is 4.39. The molecular weight excluding hydrogens is 322 g/mol. The zero-order valence-electron chi connectivity index (χ0n) is 13.9. The highest BCUT2D eigenvalue weighted by molar-refractivity contribution is 7.86. The molecule has 0 N–H and O–H groups in total. The number of hydrogen-bond acceptors (Lipinski definition) is 4. The van der Waals surface area contributed by atoms with Crippen LogP contribution in [0.2, 0.25) is 0 Å². The van der Waals surface area contributed by atoms with Crippen LogP contribution in [0.15, 0.2) is 54.7 Å². The monoisotopic (exact) mass is 341 g/mol. The van der Waals surface area contributed by atoms with Crippen molar-refractivity contribution < 1.29 is 12.6 Å². The molecule has 3 rings (SSSR count). The van der Waals surface area contributed by atoms with E-state index in [0.29, 0.717) is 0 Å². The molecule has 124 valence electrons. The van der Waals surface area contributed by atoms with Crippen molar-refractivity contribution in [2.24, 2.45) is 0 Å². The van der Waals surface area contributed by atoms with Crippen molar-refractivity contribution in [2.45, 2.75) is 20.0 Å². The Hall–Kier alpha value is -2.24. The van der Waals surface area contributed by atoms with Crippen LogP contribution in [-0.4, -0.2) is 19.7 Å². The van der Waals surface area contributed by atoms with Crippen molar-refractivity contribution in [3.05, 3.63) is 66.0 Å². The van der Waals surface area contributed by atoms with E-state index in [1.165, 1.54) is 0 Å². The molecule has 3 aromatic rings. The van der Waals surface area contributed by atoms with Crippen molar-refractivity contribution in [3.63, 3.8) is 0 Å². The first-order chi connectivity index (χ1) is 11.3. The number of pyridine rings is 1. The van der Waals surface area contributed by atoms with Gasteiger partial charge in [0.2, 0.25) is 0 Å². The van der Waals surface area contributed by atoms with Crippen LogP contribution in [0.1, 0.15) is 24.3 Å². The summed E-state index contributed by atoms with van der Waals surface area (Å²) in [5.41, 5.74) is 3.99. The Labute approximate surface area is 142 Å². The minimum Gasteiger partial charge on any atom is -0.262 e. The molecule has 0 saturated carbocycles. The molecule has 0 saturated heterocycles. The van der Waals surface area contributed by atoms with E-state index < -0.39 is 16.2 Å². The molecule has 5 heteroatoms. The molecule has 24 heavy (non-hydrogen) atoms. The summed E-state index contributed by atoms with van der Waals surface area (Å²) in [5, 5.41) is 2.13. The van der Waals surface area contributed by atoms with Gasteiger partial charge in [0.1, 0.15) is 0 Å². The number of aryl methyl sites for hydroxylation is 1. The van der Waals surface area contributed by atoms with Gasteiger partial charge in [0.15, 0.2) is 0 Å². The number of benzene rings is 2. The average molecular weight is 341 g/mol. The highest BCUT2D eigenvalue weighted by atomic mass is 32.2. The molecule has 0 radical (unpaired) electrons. The van der Waals surface area contributed by atoms with Gasteiger partial charge in [-0.05, 0) is 53.9 Å². The highest BCUT2D eigenvalue weighted by Crippen LogP contribution is 2.27. The van der Waals surface area contributed by atoms with Gasteiger partial charge in [-0.25, -0.2) is 0 Å². The summed E-state index contributed by atoms with van der Waals surface area (Å²) in [6.07, 6.45) is 2.42. The largest absolute Gasteiger partial charge is 0.264 e. The summed E-state index contributed by atoms with van der Waals surface area (Å²) >= 11 is 0. The minimum atomic E-state index is -3.48. The number of hydrogen-bond donors (Lipinski definition) is 0. The molecule has 2 aromatic carbocycles. The fraction of sp³-hybridized carbons (Fsp3) is 0.211. The van der Waals surface area contributed by atoms with E-state index in [-0.39, 0.29) is 0 Å². The van der Waals surface area contributed by atoms with Crippen LogP contribution in [0.25, 0.3) is 21.9 Å². The zero-order valence-corrected chi connectivity index (χ0v) is 14.7. The maximum Gasteiger partial charge on any atom is 0.264 e. The number of aromatic nitrogens is 1. The molecule has 0 aliphatic rings. The van der Waals surface area contributed by atoms with Gasteiger partial charge in [0, 0.05) is 17.5 Å². The summed E-state index contributed by atoms with van der Waals surface area (Å²) in [4.78, 5) is 4.33. The Morgan fingerprint density at radius 1 is 0.958 bits per heavy atom. The van der Waals surface area contributed by atoms with E-state index in [1.54, 1.807) is 6.92 Å². The minimum absolute atomic E-state index is 0.509. The van der Waals surface area contributed by atoms with Crippen molar-refractivity contribution in [2.75, 3.05) is 6.26 Å². The van der Waals surface area contributed by atoms with Crippen molar-refractivity contribution in [1.29, 1.82) is 0 Å². The molecule has 4 nitrogen and oxygen atoms in total. The predicted molar refractivity (Wildman–Crippen MR) is 96.3 cm³/mol. The van der Waals surface area contributed by atoms with Crippen LogP contribution in [0, 0.1) is 6.92 Å². The van der Waals surface area contributed by atoms with Gasteiger partial charge in [-0.2, -0.15) is 8.42 Å². The molecule has 1 aromatic heterocycles. The first-order valence-electron chi connectivity index (χ1n) is 7.67. The van der Waals surface area contributed by atoms with Crippen LogP contribution in [-0.2, 0) is 14.3 Å². The third kappa shape index (κ3) is 3.80. The van der Waals surface area contributed by atoms with Gasteiger partial charge in [0.25, 0.3) is 10.1 Å². The molecule has 1 atom stereocenters. The number of fused-ring (bicyclic) bond motifs is 1. The predicted octanol–water partition coefficient (Wildman–Crippen LogP) is 4.25. The second kappa shape index (κ2) is 6.34. The Bertz CT molecular complexity index is 979. The quantitative estimate of drug-likeness (QED) is 0.666. The Balaban J connectivity index is 1.95. The lowest BCUT2D eigenvalue weighted by molar-refractivity contribution is 0.237. The zero-order chi connectivity index (χ0) is 17.3. The topological polar surface area (TPSA) is 56.3 Å². The van der Waals surface area contributed by atoms with Crippen LogP contribution in [0.3, 0.4) is 0 Å². The molecule has 0 amide bonds. The average Bonchev–Trinajstić information content (AvgIpc) is 2.53. The van der Waals surface area contributed by atoms with E-state index in [2.05, 4.69) is 17.1 Å². The van der Waals surface area contributed by atoms with Gasteiger partial charge < -0.3 is 0 Å². The van der Waals surface area contributed by atoms with E-state index in [0.717, 1.165) is 39.4 Å². The summed E-state index contributed by atoms with van der Waals surface area (Å²) in [6.45, 7) is 3.69. The van der Waals surface area contributed by atoms with E-state index in [9.17, 15) is 8.42 Å². The second-order valence-corrected chi connectivity index (χ2v) is 7.55. The van der Waals surface area contributed by atoms with Crippen molar-refractivity contribution in [3.8, 4) is 11.1 Å². The maximum absolute atomic E-state index is 11.3. The molecule has 0 aliphatic heterocycles. The van der Waals surface area contributed by atoms with Crippen LogP contribution < -0.4 is 0 Å². The summed E-state index contributed by atoms with van der Waals surface area (Å²) in [7, 11) is -3.48. The fourth-order valence-electron chi connectivity index (χ4n) is 2.65. The van der Waals surface area contributed by atoms with Crippen molar-refractivity contribution >= 4 is 20.9 Å². The van der Waals surface area contributed by atoms with Gasteiger partial charge >= 0.3 is 0 Å². The Morgan fingerprint density at radius 3 is 2.29 bits per heavy atom. The normalized spacial score (nSPS) is 13.1. The molecule has 0 spiro atoms. The second-order valence-electron chi connectivity index (χ2n) is 5.95. The molecular formula is C19H19NO3S. The first-order valence-corrected chi connectivity index (χ1v) is 9.48. The van der Waals surface area contributed by atoms with Crippen LogP contribution >= 0.6 is 0 Å². The van der Waals surface area contributed by atoms with E-state index in [1.807, 2.05) is 49.5 Å². The lowest BCUT2D eigenvalue weighted by Crippen LogP contribution is -2.07. The smallest absolute Gasteiger partial charge is 0.262 e. The summed E-state index contributed by atoms with van der Waals surface area (Å²) < 4.78 is 27.6. The van der Waals surface area contributed by atoms with Crippen LogP contribution in [0.5, 0.6) is 0 Å². The molecule has 0 aliphatic carbocycles. The standard InChI is InChI=1S/C19H19NO3S/c1-13-4-5-19(12-20-13)18-9-8-16-10-15(6-7-17(16)11-18)14(2)23-24(3,21)22/h4-12,14H,1-3H3. The maximum atomic E-state index is 11.3. The highest BCUT2D eigenvalue weighted by Gasteiger charge is 2.13. The SMILES string of the molecule is Cc1ccc(-c2ccc3cc(C(C)OS(C)(=O)=O)ccc3c2)cn1. The van der Waals surface area contributed by atoms with Gasteiger partial charge in [-0.15, -0.1) is 0 Å². The number of nitrogens with zero attached hydrogens (tertiary/aromatic N) is 1. The molecule has 1 unspecified atom stereocenters. The van der Waals surface area contributed by atoms with E-state index >= 15 is 0 Å². The third-order valence-corrected chi connectivity index (χ3v) is 4.54. The lowest BCUT2D eigenvalue weighted by atomic mass is 9.99. The van der Waals surface area contributed by atoms with Crippen molar-refractivity contribution in [1.82, 2.24) is 4.98 Å². The fourth-order valence-corrected chi connectivity index (χ4v) is 3.29. The molecule has 0 bridgehead atoms. The summed E-state index contributed by atoms with van der Waals surface area (Å²) in [5.74, 6) is 0. The van der Waals surface area contributed by atoms with Crippen LogP contribution in [0.4, 0.5) is 0 Å².